The van der Waals surface area contributed by atoms with Crippen LogP contribution in [0.2, 0.25) is 0 Å². The van der Waals surface area contributed by atoms with Crippen LogP contribution in [0.5, 0.6) is 0 Å². The van der Waals surface area contributed by atoms with E-state index in [-0.39, 0.29) is 44.3 Å². The molecule has 2 bridgehead atoms. The average molecular weight is 514 g/mol. The lowest BCUT2D eigenvalue weighted by Gasteiger charge is -2.34. The molecule has 1 saturated carbocycles. The van der Waals surface area contributed by atoms with Crippen molar-refractivity contribution in [1.82, 2.24) is 0 Å². The van der Waals surface area contributed by atoms with Crippen LogP contribution in [0, 0.1) is 11.8 Å². The van der Waals surface area contributed by atoms with Crippen molar-refractivity contribution in [2.45, 2.75) is 26.4 Å². The molecule has 0 radical (unpaired) electrons. The Morgan fingerprint density at radius 3 is 1.95 bits per heavy atom. The van der Waals surface area contributed by atoms with E-state index >= 15 is 0 Å². The van der Waals surface area contributed by atoms with Crippen molar-refractivity contribution in [1.29, 1.82) is 0 Å². The van der Waals surface area contributed by atoms with Crippen molar-refractivity contribution in [3.63, 3.8) is 0 Å². The first-order chi connectivity index (χ1) is 9.44. The van der Waals surface area contributed by atoms with Gasteiger partial charge in [-0.25, -0.2) is 0 Å². The van der Waals surface area contributed by atoms with Gasteiger partial charge in [0.25, 0.3) is 5.97 Å². The lowest BCUT2D eigenvalue weighted by atomic mass is 9.84. The Balaban J connectivity index is 0.000000436. The van der Waals surface area contributed by atoms with Crippen molar-refractivity contribution >= 4 is 104 Å². The monoisotopic (exact) mass is 510 g/mol. The molecule has 10 heteroatoms. The molecule has 0 heterocycles. The van der Waals surface area contributed by atoms with Crippen LogP contribution in [0.15, 0.2) is 22.2 Å². The molecule has 3 aliphatic rings. The van der Waals surface area contributed by atoms with Crippen LogP contribution < -0.4 is 0 Å². The maximum absolute atomic E-state index is 9.00. The number of carboxylic acids is 1. The standard InChI is InChI=1S/C10H5Cl7.C2H4O2.BrH/c11-4-2-1-3-5(4)9(15)7(13)6(12)8(3,14)10(9,16)17;1-2(3)4;/h1-5H;1H3,(H,3,4);1H. The van der Waals surface area contributed by atoms with E-state index in [0.717, 1.165) is 6.92 Å². The number of hydrogen-bond donors (Lipinski definition) is 1. The van der Waals surface area contributed by atoms with Crippen molar-refractivity contribution in [3.8, 4) is 0 Å². The molecule has 0 saturated heterocycles. The summed E-state index contributed by atoms with van der Waals surface area (Å²) in [5.74, 6) is -1.30. The minimum atomic E-state index is -1.48. The van der Waals surface area contributed by atoms with E-state index in [0.29, 0.717) is 0 Å². The second-order valence-corrected chi connectivity index (χ2v) is 8.81. The molecule has 5 unspecified atom stereocenters. The number of hydrogen-bond acceptors (Lipinski definition) is 1. The Morgan fingerprint density at radius 1 is 1.09 bits per heavy atom. The highest BCUT2D eigenvalue weighted by Gasteiger charge is 2.83. The third-order valence-corrected chi connectivity index (χ3v) is 8.61. The Bertz CT molecular complexity index is 560. The van der Waals surface area contributed by atoms with Crippen molar-refractivity contribution in [2.75, 3.05) is 0 Å². The fourth-order valence-electron chi connectivity index (χ4n) is 3.08. The number of carboxylic acid groups (broad SMARTS) is 1. The van der Waals surface area contributed by atoms with Crippen molar-refractivity contribution in [3.05, 3.63) is 22.2 Å². The highest BCUT2D eigenvalue weighted by atomic mass is 79.9. The molecule has 2 nitrogen and oxygen atoms in total. The zero-order chi connectivity index (χ0) is 16.4. The normalized spacial score (nSPS) is 43.4. The van der Waals surface area contributed by atoms with Crippen molar-refractivity contribution < 1.29 is 9.90 Å². The maximum Gasteiger partial charge on any atom is 0.300 e. The first-order valence-electron chi connectivity index (χ1n) is 5.77. The summed E-state index contributed by atoms with van der Waals surface area (Å²) >= 11 is 44.5. The highest BCUT2D eigenvalue weighted by Crippen LogP contribution is 2.78. The molecule has 22 heavy (non-hydrogen) atoms. The number of alkyl halides is 5. The van der Waals surface area contributed by atoms with Crippen LogP contribution in [0.1, 0.15) is 6.92 Å². The van der Waals surface area contributed by atoms with E-state index in [1.165, 1.54) is 0 Å². The lowest BCUT2D eigenvalue weighted by molar-refractivity contribution is -0.134. The Hall–Kier alpha value is 1.46. The van der Waals surface area contributed by atoms with Gasteiger partial charge >= 0.3 is 0 Å². The summed E-state index contributed by atoms with van der Waals surface area (Å²) < 4.78 is -1.48. The molecule has 0 aromatic rings. The SMILES string of the molecule is Br.CC(=O)O.ClC1=C(Cl)C2(Cl)C3C(Cl)C=CC3C1(Cl)C2(Cl)Cl. The number of allylic oxidation sites excluding steroid dienone is 4. The summed E-state index contributed by atoms with van der Waals surface area (Å²) in [4.78, 5) is 6.55. The zero-order valence-corrected chi connectivity index (χ0v) is 17.8. The first-order valence-corrected chi connectivity index (χ1v) is 8.48. The molecule has 0 amide bonds. The van der Waals surface area contributed by atoms with Gasteiger partial charge in [0, 0.05) is 18.8 Å². The van der Waals surface area contributed by atoms with E-state index < -0.39 is 20.1 Å². The van der Waals surface area contributed by atoms with Crippen molar-refractivity contribution in [2.24, 2.45) is 11.8 Å². The number of fused-ring (bicyclic) bond motifs is 5. The molecular weight excluding hydrogens is 504 g/mol. The molecule has 5 atom stereocenters. The quantitative estimate of drug-likeness (QED) is 0.323. The van der Waals surface area contributed by atoms with Gasteiger partial charge in [-0.05, 0) is 0 Å². The van der Waals surface area contributed by atoms with Gasteiger partial charge in [-0.3, -0.25) is 4.79 Å². The molecular formula is C12H10BrCl7O2. The number of carbonyl (C=O) groups is 1. The van der Waals surface area contributed by atoms with E-state index in [9.17, 15) is 0 Å². The third-order valence-electron chi connectivity index (χ3n) is 3.90. The molecule has 1 N–H and O–H groups in total. The van der Waals surface area contributed by atoms with Crippen LogP contribution in [-0.2, 0) is 4.79 Å². The molecule has 126 valence electrons. The van der Waals surface area contributed by atoms with Gasteiger partial charge in [0.2, 0.25) is 0 Å². The van der Waals surface area contributed by atoms with Crippen LogP contribution in [0.25, 0.3) is 0 Å². The minimum Gasteiger partial charge on any atom is -0.481 e. The second kappa shape index (κ2) is 6.64. The fraction of sp³-hybridized carbons (Fsp3) is 0.583. The Labute approximate surface area is 173 Å². The van der Waals surface area contributed by atoms with Crippen LogP contribution in [0.4, 0.5) is 0 Å². The van der Waals surface area contributed by atoms with E-state index in [4.69, 9.17) is 91.1 Å². The molecule has 1 fully saturated rings. The molecule has 3 rings (SSSR count). The van der Waals surface area contributed by atoms with E-state index in [1.807, 2.05) is 12.2 Å². The summed E-state index contributed by atoms with van der Waals surface area (Å²) in [5, 5.41) is 7.53. The Morgan fingerprint density at radius 2 is 1.50 bits per heavy atom. The van der Waals surface area contributed by atoms with Crippen LogP contribution in [0.3, 0.4) is 0 Å². The van der Waals surface area contributed by atoms with E-state index in [2.05, 4.69) is 0 Å². The minimum absolute atomic E-state index is 0. The summed E-state index contributed by atoms with van der Waals surface area (Å²) in [6, 6.07) is 0. The second-order valence-electron chi connectivity index (χ2n) is 5.03. The largest absolute Gasteiger partial charge is 0.481 e. The molecule has 0 aromatic carbocycles. The Kier molecular flexibility index (Phi) is 6.49. The van der Waals surface area contributed by atoms with Gasteiger partial charge in [-0.1, -0.05) is 58.6 Å². The van der Waals surface area contributed by atoms with Gasteiger partial charge in [-0.2, -0.15) is 0 Å². The molecule has 3 aliphatic carbocycles. The van der Waals surface area contributed by atoms with Crippen LogP contribution in [-0.4, -0.2) is 30.5 Å². The van der Waals surface area contributed by atoms with Gasteiger partial charge in [-0.15, -0.1) is 51.8 Å². The van der Waals surface area contributed by atoms with Gasteiger partial charge < -0.3 is 5.11 Å². The molecule has 0 aliphatic heterocycles. The van der Waals surface area contributed by atoms with Gasteiger partial charge in [0.05, 0.1) is 15.4 Å². The molecule has 0 aromatic heterocycles. The third kappa shape index (κ3) is 2.46. The number of rotatable bonds is 0. The van der Waals surface area contributed by atoms with E-state index in [1.54, 1.807) is 0 Å². The van der Waals surface area contributed by atoms with Gasteiger partial charge in [0.15, 0.2) is 4.33 Å². The summed E-state index contributed by atoms with van der Waals surface area (Å²) in [5.41, 5.74) is 0. The summed E-state index contributed by atoms with van der Waals surface area (Å²) in [6.07, 6.45) is 3.69. The molecule has 0 spiro atoms. The summed E-state index contributed by atoms with van der Waals surface area (Å²) in [7, 11) is 0. The predicted octanol–water partition coefficient (Wildman–Crippen LogP) is 5.91. The number of aliphatic carboxylic acids is 1. The number of halogens is 8. The van der Waals surface area contributed by atoms with Crippen LogP contribution >= 0.6 is 98.2 Å². The maximum atomic E-state index is 9.00. The first kappa shape index (κ1) is 21.5. The zero-order valence-electron chi connectivity index (χ0n) is 10.8. The predicted molar refractivity (Wildman–Crippen MR) is 99.7 cm³/mol. The lowest BCUT2D eigenvalue weighted by Crippen LogP contribution is -2.45. The summed E-state index contributed by atoms with van der Waals surface area (Å²) in [6.45, 7) is 1.08. The average Bonchev–Trinajstić information content (AvgIpc) is 2.83. The smallest absolute Gasteiger partial charge is 0.300 e. The fourth-order valence-corrected chi connectivity index (χ4v) is 6.60. The topological polar surface area (TPSA) is 37.3 Å². The highest BCUT2D eigenvalue weighted by molar-refractivity contribution is 8.93. The van der Waals surface area contributed by atoms with Gasteiger partial charge in [0.1, 0.15) is 9.75 Å².